The molecular weight excluding hydrogens is 486 g/mol. The zero-order valence-electron chi connectivity index (χ0n) is 21.5. The Labute approximate surface area is 223 Å². The minimum atomic E-state index is -1.06. The van der Waals surface area contributed by atoms with E-state index in [2.05, 4.69) is 20.1 Å². The van der Waals surface area contributed by atoms with Gasteiger partial charge < -0.3 is 25.5 Å². The van der Waals surface area contributed by atoms with E-state index in [1.54, 1.807) is 6.07 Å². The highest BCUT2D eigenvalue weighted by molar-refractivity contribution is 7.99. The third-order valence-electron chi connectivity index (χ3n) is 8.10. The minimum Gasteiger partial charge on any atom is -0.477 e. The van der Waals surface area contributed by atoms with E-state index in [0.717, 1.165) is 81.8 Å². The number of methoxy groups -OCH3 is 1. The number of nitrogens with one attached hydrogen (secondary N) is 2. The molecule has 5 rings (SSSR count). The molecule has 0 radical (unpaired) electrons. The second kappa shape index (κ2) is 11.4. The first kappa shape index (κ1) is 26.0. The van der Waals surface area contributed by atoms with Crippen molar-refractivity contribution < 1.29 is 14.6 Å². The third kappa shape index (κ3) is 5.78. The number of anilines is 3. The number of aromatic nitrogens is 1. The normalized spacial score (nSPS) is 20.3. The lowest BCUT2D eigenvalue weighted by Gasteiger charge is -2.45. The van der Waals surface area contributed by atoms with Crippen molar-refractivity contribution in [3.8, 4) is 0 Å². The summed E-state index contributed by atoms with van der Waals surface area (Å²) in [5, 5.41) is 22.4. The van der Waals surface area contributed by atoms with Crippen molar-refractivity contribution in [3.63, 3.8) is 0 Å². The molecule has 0 unspecified atom stereocenters. The summed E-state index contributed by atoms with van der Waals surface area (Å²) in [6, 6.07) is 11.3. The summed E-state index contributed by atoms with van der Waals surface area (Å²) in [6.07, 6.45) is 4.82. The molecule has 9 heteroatoms. The van der Waals surface area contributed by atoms with Gasteiger partial charge in [0.05, 0.1) is 16.9 Å². The van der Waals surface area contributed by atoms with E-state index in [-0.39, 0.29) is 17.2 Å². The molecule has 0 bridgehead atoms. The van der Waals surface area contributed by atoms with Crippen LogP contribution in [0.15, 0.2) is 36.4 Å². The molecule has 0 spiro atoms. The quantitative estimate of drug-likeness (QED) is 0.406. The first-order valence-electron chi connectivity index (χ1n) is 13.3. The van der Waals surface area contributed by atoms with Gasteiger partial charge >= 0.3 is 5.97 Å². The van der Waals surface area contributed by atoms with Crippen LogP contribution in [-0.2, 0) is 4.74 Å². The van der Waals surface area contributed by atoms with Crippen LogP contribution in [0.25, 0.3) is 0 Å². The minimum absolute atomic E-state index is 0.00649. The van der Waals surface area contributed by atoms with Crippen LogP contribution >= 0.6 is 11.8 Å². The van der Waals surface area contributed by atoms with Gasteiger partial charge in [-0.25, -0.2) is 9.78 Å². The predicted octanol–water partition coefficient (Wildman–Crippen LogP) is 4.73. The number of thioether (sulfide) groups is 1. The van der Waals surface area contributed by atoms with Gasteiger partial charge in [-0.3, -0.25) is 4.90 Å². The Hall–Kier alpha value is -2.62. The zero-order chi connectivity index (χ0) is 25.8. The molecule has 1 aromatic heterocycles. The van der Waals surface area contributed by atoms with Crippen LogP contribution in [0.4, 0.5) is 17.2 Å². The second-order valence-electron chi connectivity index (χ2n) is 10.4. The molecule has 1 aromatic carbocycles. The number of hydrogen-bond donors (Lipinski definition) is 3. The summed E-state index contributed by atoms with van der Waals surface area (Å²) in [5.41, 5.74) is 2.70. The summed E-state index contributed by atoms with van der Waals surface area (Å²) in [7, 11) is 1.82. The largest absolute Gasteiger partial charge is 0.477 e. The van der Waals surface area contributed by atoms with Crippen LogP contribution in [0.3, 0.4) is 0 Å². The Morgan fingerprint density at radius 1 is 1.19 bits per heavy atom. The summed E-state index contributed by atoms with van der Waals surface area (Å²) in [6.45, 7) is 4.62. The highest BCUT2D eigenvalue weighted by Gasteiger charge is 2.38. The van der Waals surface area contributed by atoms with Crippen molar-refractivity contribution in [2.45, 2.75) is 37.7 Å². The lowest BCUT2D eigenvalue weighted by molar-refractivity contribution is -0.0518. The van der Waals surface area contributed by atoms with Crippen molar-refractivity contribution in [2.75, 3.05) is 61.6 Å². The monoisotopic (exact) mass is 523 g/mol. The molecule has 2 aromatic rings. The van der Waals surface area contributed by atoms with Gasteiger partial charge in [0.25, 0.3) is 0 Å². The first-order chi connectivity index (χ1) is 18.0. The van der Waals surface area contributed by atoms with Gasteiger partial charge in [-0.2, -0.15) is 11.8 Å². The Balaban J connectivity index is 1.46. The van der Waals surface area contributed by atoms with Crippen LogP contribution in [0.2, 0.25) is 0 Å². The van der Waals surface area contributed by atoms with Crippen LogP contribution in [0, 0.1) is 11.3 Å². The fourth-order valence-corrected chi connectivity index (χ4v) is 6.53. The van der Waals surface area contributed by atoms with Crippen molar-refractivity contribution in [2.24, 2.45) is 5.92 Å². The Bertz CT molecular complexity index is 1110. The number of carboxylic acid groups (broad SMARTS) is 1. The molecule has 0 atom stereocenters. The van der Waals surface area contributed by atoms with Gasteiger partial charge in [-0.05, 0) is 43.9 Å². The Morgan fingerprint density at radius 3 is 2.49 bits per heavy atom. The fourth-order valence-electron chi connectivity index (χ4n) is 5.55. The Kier molecular flexibility index (Phi) is 8.02. The average Bonchev–Trinajstić information content (AvgIpc) is 2.89. The number of para-hydroxylation sites is 1. The molecule has 8 nitrogen and oxygen atoms in total. The zero-order valence-corrected chi connectivity index (χ0v) is 22.4. The van der Waals surface area contributed by atoms with E-state index in [1.165, 1.54) is 11.5 Å². The molecular formula is C28H37N5O3S. The van der Waals surface area contributed by atoms with Gasteiger partial charge in [0.1, 0.15) is 5.82 Å². The standard InChI is InChI=1S/C28H37N5O3S/c1-36-28(19-32-14-16-37-17-15-32)10-12-33(13-11-28)23-18-22(27(34)35)31-26(30-21-8-3-2-4-9-21)24(23)25(29)20-6-5-7-20/h2-4,8-9,18,20,29H,5-7,10-17,19H2,1H3,(H,30,31)(H,34,35). The van der Waals surface area contributed by atoms with E-state index in [0.29, 0.717) is 11.5 Å². The maximum absolute atomic E-state index is 12.1. The molecule has 1 aliphatic carbocycles. The summed E-state index contributed by atoms with van der Waals surface area (Å²) in [5.74, 6) is 1.92. The van der Waals surface area contributed by atoms with Crippen molar-refractivity contribution in [3.05, 3.63) is 47.7 Å². The number of ether oxygens (including phenoxy) is 1. The summed E-state index contributed by atoms with van der Waals surface area (Å²) < 4.78 is 6.14. The van der Waals surface area contributed by atoms with Crippen LogP contribution in [-0.4, -0.2) is 83.6 Å². The number of aromatic carboxylic acids is 1. The van der Waals surface area contributed by atoms with Crippen LogP contribution < -0.4 is 10.2 Å². The van der Waals surface area contributed by atoms with Gasteiger partial charge in [-0.15, -0.1) is 0 Å². The van der Waals surface area contributed by atoms with Crippen LogP contribution in [0.1, 0.15) is 48.2 Å². The number of pyridine rings is 1. The highest BCUT2D eigenvalue weighted by atomic mass is 32.2. The van der Waals surface area contributed by atoms with Crippen molar-refractivity contribution in [1.82, 2.24) is 9.88 Å². The van der Waals surface area contributed by atoms with E-state index in [1.807, 2.05) is 49.2 Å². The molecule has 37 heavy (non-hydrogen) atoms. The van der Waals surface area contributed by atoms with Crippen molar-refractivity contribution in [1.29, 1.82) is 5.41 Å². The van der Waals surface area contributed by atoms with E-state index < -0.39 is 5.97 Å². The van der Waals surface area contributed by atoms with E-state index in [9.17, 15) is 9.90 Å². The fraction of sp³-hybridized carbons (Fsp3) is 0.536. The molecule has 3 aliphatic rings. The van der Waals surface area contributed by atoms with Gasteiger partial charge in [-0.1, -0.05) is 24.6 Å². The number of rotatable bonds is 9. The smallest absolute Gasteiger partial charge is 0.354 e. The molecule has 3 heterocycles. The van der Waals surface area contributed by atoms with Gasteiger partial charge in [0.15, 0.2) is 5.69 Å². The Morgan fingerprint density at radius 2 is 1.89 bits per heavy atom. The predicted molar refractivity (Wildman–Crippen MR) is 150 cm³/mol. The lowest BCUT2D eigenvalue weighted by atomic mass is 9.78. The van der Waals surface area contributed by atoms with Crippen LogP contribution in [0.5, 0.6) is 0 Å². The number of carboxylic acids is 1. The molecule has 0 amide bonds. The lowest BCUT2D eigenvalue weighted by Crippen LogP contribution is -2.53. The van der Waals surface area contributed by atoms with Crippen molar-refractivity contribution >= 4 is 40.6 Å². The number of nitrogens with zero attached hydrogens (tertiary/aromatic N) is 3. The van der Waals surface area contributed by atoms with Gasteiger partial charge in [0, 0.05) is 68.7 Å². The number of carbonyl (C=O) groups is 1. The highest BCUT2D eigenvalue weighted by Crippen LogP contribution is 2.39. The third-order valence-corrected chi connectivity index (χ3v) is 9.04. The molecule has 198 valence electrons. The topological polar surface area (TPSA) is 102 Å². The molecule has 2 aliphatic heterocycles. The molecule has 1 saturated carbocycles. The maximum Gasteiger partial charge on any atom is 0.354 e. The molecule has 2 saturated heterocycles. The first-order valence-corrected chi connectivity index (χ1v) is 14.4. The summed E-state index contributed by atoms with van der Waals surface area (Å²) >= 11 is 2.01. The average molecular weight is 524 g/mol. The molecule has 3 fully saturated rings. The number of piperidine rings is 1. The summed E-state index contributed by atoms with van der Waals surface area (Å²) in [4.78, 5) is 21.4. The maximum atomic E-state index is 12.1. The van der Waals surface area contributed by atoms with Gasteiger partial charge in [0.2, 0.25) is 0 Å². The number of hydrogen-bond acceptors (Lipinski definition) is 8. The SMILES string of the molecule is COC1(CN2CCSCC2)CCN(c2cc(C(=O)O)nc(Nc3ccccc3)c2C(=N)C2CCC2)CC1. The molecule has 3 N–H and O–H groups in total. The van der Waals surface area contributed by atoms with E-state index in [4.69, 9.17) is 10.1 Å². The van der Waals surface area contributed by atoms with E-state index >= 15 is 0 Å². The second-order valence-corrected chi connectivity index (χ2v) is 11.6. The number of benzene rings is 1.